The molecule has 2 N–H and O–H groups in total. The highest BCUT2D eigenvalue weighted by molar-refractivity contribution is 5.74. The predicted molar refractivity (Wildman–Crippen MR) is 80.7 cm³/mol. The van der Waals surface area contributed by atoms with Crippen molar-refractivity contribution in [3.05, 3.63) is 35.9 Å². The highest BCUT2D eigenvalue weighted by Gasteiger charge is 2.43. The Morgan fingerprint density at radius 1 is 1.27 bits per heavy atom. The molecule has 0 aromatic heterocycles. The number of carbonyl (C=O) groups is 2. The molecule has 1 aromatic rings. The van der Waals surface area contributed by atoms with Crippen LogP contribution in [0.5, 0.6) is 0 Å². The van der Waals surface area contributed by atoms with Crippen molar-refractivity contribution < 1.29 is 19.1 Å². The van der Waals surface area contributed by atoms with Crippen LogP contribution in [-0.4, -0.2) is 35.8 Å². The fourth-order valence-corrected chi connectivity index (χ4v) is 2.62. The van der Waals surface area contributed by atoms with Gasteiger partial charge in [-0.15, -0.1) is 0 Å². The van der Waals surface area contributed by atoms with Crippen molar-refractivity contribution >= 4 is 12.1 Å². The minimum absolute atomic E-state index is 0.0126. The Morgan fingerprint density at radius 2 is 2.00 bits per heavy atom. The normalized spacial score (nSPS) is 20.7. The molecule has 1 fully saturated rings. The van der Waals surface area contributed by atoms with E-state index in [2.05, 4.69) is 0 Å². The zero-order chi connectivity index (χ0) is 16.0. The zero-order valence-corrected chi connectivity index (χ0v) is 12.8. The lowest BCUT2D eigenvalue weighted by molar-refractivity contribution is -0.145. The molecule has 1 aliphatic heterocycles. The Hall–Kier alpha value is -2.08. The monoisotopic (exact) mass is 306 g/mol. The van der Waals surface area contributed by atoms with E-state index in [4.69, 9.17) is 15.2 Å². The van der Waals surface area contributed by atoms with Gasteiger partial charge in [-0.3, -0.25) is 9.69 Å². The summed E-state index contributed by atoms with van der Waals surface area (Å²) in [5, 5.41) is 0. The van der Waals surface area contributed by atoms with E-state index in [-0.39, 0.29) is 13.0 Å². The number of carbonyl (C=O) groups excluding carboxylic acids is 2. The van der Waals surface area contributed by atoms with Crippen LogP contribution in [0.25, 0.3) is 0 Å². The van der Waals surface area contributed by atoms with Crippen molar-refractivity contribution in [1.82, 2.24) is 4.90 Å². The minimum Gasteiger partial charge on any atom is -0.466 e. The smallest absolute Gasteiger partial charge is 0.411 e. The number of rotatable bonds is 5. The Morgan fingerprint density at radius 3 is 2.68 bits per heavy atom. The van der Waals surface area contributed by atoms with Gasteiger partial charge in [0.1, 0.15) is 12.3 Å². The van der Waals surface area contributed by atoms with Crippen LogP contribution >= 0.6 is 0 Å². The second-order valence-corrected chi connectivity index (χ2v) is 5.38. The lowest BCUT2D eigenvalue weighted by Gasteiger charge is -2.33. The lowest BCUT2D eigenvalue weighted by atomic mass is 10.0. The van der Waals surface area contributed by atoms with Crippen LogP contribution in [0.3, 0.4) is 0 Å². The number of nitrogens with two attached hydrogens (primary N) is 1. The van der Waals surface area contributed by atoms with Crippen LogP contribution < -0.4 is 5.73 Å². The molecule has 0 saturated carbocycles. The van der Waals surface area contributed by atoms with E-state index >= 15 is 0 Å². The number of esters is 1. The molecule has 22 heavy (non-hydrogen) atoms. The maximum atomic E-state index is 12.2. The van der Waals surface area contributed by atoms with Crippen molar-refractivity contribution in [2.24, 2.45) is 5.73 Å². The van der Waals surface area contributed by atoms with Gasteiger partial charge in [-0.1, -0.05) is 30.3 Å². The number of hydrogen-bond donors (Lipinski definition) is 1. The standard InChI is InChI=1S/C16H22N2O4/c1-2-21-14(19)11-16(17)9-6-10-18(16)15(20)22-12-13-7-4-3-5-8-13/h3-5,7-8H,2,6,9-12,17H2,1H3/t16-/m0/s1. The summed E-state index contributed by atoms with van der Waals surface area (Å²) in [7, 11) is 0. The van der Waals surface area contributed by atoms with Crippen LogP contribution in [0.2, 0.25) is 0 Å². The second kappa shape index (κ2) is 7.26. The largest absolute Gasteiger partial charge is 0.466 e. The summed E-state index contributed by atoms with van der Waals surface area (Å²) in [5.41, 5.74) is 6.12. The third kappa shape index (κ3) is 3.98. The Bertz CT molecular complexity index is 520. The van der Waals surface area contributed by atoms with Crippen molar-refractivity contribution in [3.8, 4) is 0 Å². The van der Waals surface area contributed by atoms with Gasteiger partial charge in [0.15, 0.2) is 0 Å². The van der Waals surface area contributed by atoms with E-state index in [1.165, 1.54) is 4.90 Å². The lowest BCUT2D eigenvalue weighted by Crippen LogP contribution is -2.55. The maximum absolute atomic E-state index is 12.2. The molecule has 6 nitrogen and oxygen atoms in total. The molecular weight excluding hydrogens is 284 g/mol. The first kappa shape index (κ1) is 16.3. The van der Waals surface area contributed by atoms with Crippen LogP contribution in [0.15, 0.2) is 30.3 Å². The van der Waals surface area contributed by atoms with Crippen molar-refractivity contribution in [3.63, 3.8) is 0 Å². The van der Waals surface area contributed by atoms with Crippen LogP contribution in [0.4, 0.5) is 4.79 Å². The van der Waals surface area contributed by atoms with Gasteiger partial charge < -0.3 is 15.2 Å². The summed E-state index contributed by atoms with van der Waals surface area (Å²) in [5.74, 6) is -0.396. The zero-order valence-electron chi connectivity index (χ0n) is 12.8. The summed E-state index contributed by atoms with van der Waals surface area (Å²) in [4.78, 5) is 25.4. The van der Waals surface area contributed by atoms with E-state index in [0.717, 1.165) is 12.0 Å². The molecule has 0 spiro atoms. The van der Waals surface area contributed by atoms with E-state index in [9.17, 15) is 9.59 Å². The number of hydrogen-bond acceptors (Lipinski definition) is 5. The number of amides is 1. The van der Waals surface area contributed by atoms with Crippen LogP contribution in [0, 0.1) is 0 Å². The molecule has 1 saturated heterocycles. The highest BCUT2D eigenvalue weighted by atomic mass is 16.6. The molecule has 0 bridgehead atoms. The average Bonchev–Trinajstić information content (AvgIpc) is 2.87. The van der Waals surface area contributed by atoms with Gasteiger partial charge in [-0.05, 0) is 25.3 Å². The molecule has 1 atom stereocenters. The molecule has 6 heteroatoms. The molecule has 0 aliphatic carbocycles. The summed E-state index contributed by atoms with van der Waals surface area (Å²) in [6.07, 6.45) is 0.803. The van der Waals surface area contributed by atoms with E-state index in [1.807, 2.05) is 30.3 Å². The number of likely N-dealkylation sites (tertiary alicyclic amines) is 1. The topological polar surface area (TPSA) is 81.9 Å². The Balaban J connectivity index is 1.94. The maximum Gasteiger partial charge on any atom is 0.411 e. The fourth-order valence-electron chi connectivity index (χ4n) is 2.62. The van der Waals surface area contributed by atoms with Gasteiger partial charge in [-0.25, -0.2) is 4.79 Å². The van der Waals surface area contributed by atoms with Gasteiger partial charge >= 0.3 is 12.1 Å². The number of ether oxygens (including phenoxy) is 2. The van der Waals surface area contributed by atoms with Gasteiger partial charge in [0, 0.05) is 6.54 Å². The SMILES string of the molecule is CCOC(=O)C[C@]1(N)CCCN1C(=O)OCc1ccccc1. The molecule has 2 rings (SSSR count). The first-order valence-electron chi connectivity index (χ1n) is 7.48. The van der Waals surface area contributed by atoms with E-state index in [1.54, 1.807) is 6.92 Å². The quantitative estimate of drug-likeness (QED) is 0.842. The summed E-state index contributed by atoms with van der Waals surface area (Å²) in [6, 6.07) is 9.42. The molecule has 1 heterocycles. The Labute approximate surface area is 130 Å². The Kier molecular flexibility index (Phi) is 5.38. The molecule has 1 amide bonds. The summed E-state index contributed by atoms with van der Waals surface area (Å²) < 4.78 is 10.2. The van der Waals surface area contributed by atoms with E-state index < -0.39 is 17.7 Å². The van der Waals surface area contributed by atoms with Crippen molar-refractivity contribution in [1.29, 1.82) is 0 Å². The van der Waals surface area contributed by atoms with Crippen LogP contribution in [0.1, 0.15) is 31.7 Å². The second-order valence-electron chi connectivity index (χ2n) is 5.38. The first-order chi connectivity index (χ1) is 10.5. The first-order valence-corrected chi connectivity index (χ1v) is 7.48. The fraction of sp³-hybridized carbons (Fsp3) is 0.500. The van der Waals surface area contributed by atoms with Crippen LogP contribution in [-0.2, 0) is 20.9 Å². The third-order valence-electron chi connectivity index (χ3n) is 3.71. The molecule has 120 valence electrons. The molecule has 0 unspecified atom stereocenters. The summed E-state index contributed by atoms with van der Waals surface area (Å²) >= 11 is 0. The highest BCUT2D eigenvalue weighted by Crippen LogP contribution is 2.28. The number of nitrogens with zero attached hydrogens (tertiary/aromatic N) is 1. The summed E-state index contributed by atoms with van der Waals surface area (Å²) in [6.45, 7) is 2.71. The van der Waals surface area contributed by atoms with Crippen molar-refractivity contribution in [2.75, 3.05) is 13.2 Å². The van der Waals surface area contributed by atoms with Gasteiger partial charge in [-0.2, -0.15) is 0 Å². The van der Waals surface area contributed by atoms with Crippen molar-refractivity contribution in [2.45, 2.75) is 38.5 Å². The molecule has 1 aliphatic rings. The molecule has 0 radical (unpaired) electrons. The molecule has 1 aromatic carbocycles. The van der Waals surface area contributed by atoms with Gasteiger partial charge in [0.05, 0.1) is 13.0 Å². The third-order valence-corrected chi connectivity index (χ3v) is 3.71. The van der Waals surface area contributed by atoms with Gasteiger partial charge in [0.2, 0.25) is 0 Å². The van der Waals surface area contributed by atoms with E-state index in [0.29, 0.717) is 19.6 Å². The average molecular weight is 306 g/mol. The number of benzene rings is 1. The van der Waals surface area contributed by atoms with Gasteiger partial charge in [0.25, 0.3) is 0 Å². The predicted octanol–water partition coefficient (Wildman–Crippen LogP) is 2.03. The minimum atomic E-state index is -1.01. The molecular formula is C16H22N2O4.